The summed E-state index contributed by atoms with van der Waals surface area (Å²) < 4.78 is 60.6. The molecule has 0 bridgehead atoms. The van der Waals surface area contributed by atoms with E-state index in [2.05, 4.69) is 20.4 Å². The van der Waals surface area contributed by atoms with E-state index in [1.165, 1.54) is 34.7 Å². The molecule has 218 valence electrons. The summed E-state index contributed by atoms with van der Waals surface area (Å²) in [5.74, 6) is -0.593. The second kappa shape index (κ2) is 10.6. The number of rotatable bonds is 7. The summed E-state index contributed by atoms with van der Waals surface area (Å²) in [6, 6.07) is 7.27. The standard InChI is InChI=1S/C29H27F4N7OS/c1-16-20(18-6-4-17(5-7-18)12-38(2)3)11-22(29(31,32)33)21-14-40(37-24(16)21)26(27(41)36-28-34-8-9-42-28)25-23-10-19(30)13-39(23)15-35-25/h4-9,11,14-15,19,26H,10,12-13H2,1-3H3,(H,34,36,41)/t19-,26?/m1/s1. The smallest absolute Gasteiger partial charge is 0.331 e. The molecule has 8 nitrogen and oxygen atoms in total. The summed E-state index contributed by atoms with van der Waals surface area (Å²) in [4.78, 5) is 24.1. The van der Waals surface area contributed by atoms with Crippen molar-refractivity contribution in [1.82, 2.24) is 29.2 Å². The molecule has 0 aliphatic carbocycles. The zero-order valence-corrected chi connectivity index (χ0v) is 23.8. The molecule has 0 fully saturated rings. The quantitative estimate of drug-likeness (QED) is 0.238. The highest BCUT2D eigenvalue weighted by Crippen LogP contribution is 2.41. The van der Waals surface area contributed by atoms with Crippen LogP contribution in [0.1, 0.15) is 34.1 Å². The molecule has 1 aliphatic rings. The van der Waals surface area contributed by atoms with Crippen molar-refractivity contribution in [3.05, 3.63) is 82.5 Å². The lowest BCUT2D eigenvalue weighted by Crippen LogP contribution is -2.28. The van der Waals surface area contributed by atoms with E-state index < -0.39 is 29.9 Å². The Hall–Kier alpha value is -4.10. The third-order valence-electron chi connectivity index (χ3n) is 7.36. The van der Waals surface area contributed by atoms with E-state index in [0.717, 1.165) is 11.6 Å². The normalized spacial score (nSPS) is 15.9. The number of fused-ring (bicyclic) bond motifs is 2. The van der Waals surface area contributed by atoms with E-state index >= 15 is 0 Å². The number of halogens is 4. The van der Waals surface area contributed by atoms with Crippen LogP contribution >= 0.6 is 11.3 Å². The lowest BCUT2D eigenvalue weighted by Gasteiger charge is -2.16. The number of carbonyl (C=O) groups excluding carboxylic acids is 1. The maximum Gasteiger partial charge on any atom is 0.417 e. The topological polar surface area (TPSA) is 80.9 Å². The second-order valence-corrected chi connectivity index (χ2v) is 11.6. The fraction of sp³-hybridized carbons (Fsp3) is 0.310. The number of hydrogen-bond donors (Lipinski definition) is 1. The highest BCUT2D eigenvalue weighted by molar-refractivity contribution is 7.13. The molecule has 1 amide bonds. The Bertz CT molecular complexity index is 1760. The van der Waals surface area contributed by atoms with Gasteiger partial charge in [0.15, 0.2) is 11.2 Å². The van der Waals surface area contributed by atoms with Crippen LogP contribution in [0.25, 0.3) is 22.0 Å². The van der Waals surface area contributed by atoms with E-state index in [0.29, 0.717) is 34.1 Å². The fourth-order valence-corrected chi connectivity index (χ4v) is 6.02. The molecule has 0 radical (unpaired) electrons. The Balaban J connectivity index is 1.50. The molecule has 42 heavy (non-hydrogen) atoms. The van der Waals surface area contributed by atoms with Gasteiger partial charge in [0, 0.05) is 41.8 Å². The van der Waals surface area contributed by atoms with Crippen molar-refractivity contribution in [2.45, 2.75) is 44.8 Å². The van der Waals surface area contributed by atoms with Gasteiger partial charge < -0.3 is 9.47 Å². The number of hydrogen-bond acceptors (Lipinski definition) is 6. The van der Waals surface area contributed by atoms with Gasteiger partial charge in [-0.2, -0.15) is 18.3 Å². The molecule has 0 saturated heterocycles. The van der Waals surface area contributed by atoms with Crippen molar-refractivity contribution < 1.29 is 22.4 Å². The third-order valence-corrected chi connectivity index (χ3v) is 8.05. The van der Waals surface area contributed by atoms with Crippen LogP contribution in [0.15, 0.2) is 54.4 Å². The lowest BCUT2D eigenvalue weighted by atomic mass is 9.94. The van der Waals surface area contributed by atoms with Crippen LogP contribution in [-0.4, -0.2) is 55.4 Å². The largest absolute Gasteiger partial charge is 0.417 e. The first-order valence-corrected chi connectivity index (χ1v) is 14.1. The van der Waals surface area contributed by atoms with Gasteiger partial charge in [-0.25, -0.2) is 14.4 Å². The number of amides is 1. The fourth-order valence-electron chi connectivity index (χ4n) is 5.49. The zero-order valence-electron chi connectivity index (χ0n) is 23.0. The number of nitrogens with zero attached hydrogens (tertiary/aromatic N) is 6. The summed E-state index contributed by atoms with van der Waals surface area (Å²) >= 11 is 1.19. The Labute approximate surface area is 242 Å². The number of thiazole rings is 1. The molecule has 2 atom stereocenters. The Morgan fingerprint density at radius 1 is 1.21 bits per heavy atom. The predicted octanol–water partition coefficient (Wildman–Crippen LogP) is 5.87. The van der Waals surface area contributed by atoms with Crippen LogP contribution in [-0.2, 0) is 30.5 Å². The molecule has 1 aliphatic heterocycles. The SMILES string of the molecule is Cc1c(-c2ccc(CN(C)C)cc2)cc(C(F)(F)F)c2cn(C(C(=O)Nc3nccs3)c3ncn4c3C[C@@H](F)C4)nc12. The summed E-state index contributed by atoms with van der Waals surface area (Å²) in [6.07, 6.45) is -1.59. The number of aryl methyl sites for hydroxylation is 1. The number of imidazole rings is 1. The van der Waals surface area contributed by atoms with Crippen LogP contribution in [0, 0.1) is 6.92 Å². The Morgan fingerprint density at radius 2 is 1.98 bits per heavy atom. The minimum absolute atomic E-state index is 0.0396. The van der Waals surface area contributed by atoms with Gasteiger partial charge >= 0.3 is 6.18 Å². The maximum absolute atomic E-state index is 14.5. The van der Waals surface area contributed by atoms with E-state index in [-0.39, 0.29) is 29.6 Å². The van der Waals surface area contributed by atoms with Crippen molar-refractivity contribution in [2.24, 2.45) is 0 Å². The van der Waals surface area contributed by atoms with Gasteiger partial charge in [0.2, 0.25) is 0 Å². The number of carbonyl (C=O) groups is 1. The van der Waals surface area contributed by atoms with Gasteiger partial charge in [-0.1, -0.05) is 24.3 Å². The highest BCUT2D eigenvalue weighted by atomic mass is 32.1. The van der Waals surface area contributed by atoms with Crippen molar-refractivity contribution in [3.8, 4) is 11.1 Å². The van der Waals surface area contributed by atoms with Gasteiger partial charge in [-0.3, -0.25) is 14.8 Å². The molecule has 1 N–H and O–H groups in total. The number of anilines is 1. The first kappa shape index (κ1) is 28.0. The maximum atomic E-state index is 14.5. The number of nitrogens with one attached hydrogen (secondary N) is 1. The summed E-state index contributed by atoms with van der Waals surface area (Å²) in [5.41, 5.74) is 2.57. The number of alkyl halides is 4. The Morgan fingerprint density at radius 3 is 2.64 bits per heavy atom. The van der Waals surface area contributed by atoms with Crippen LogP contribution in [0.4, 0.5) is 22.7 Å². The van der Waals surface area contributed by atoms with Crippen LogP contribution < -0.4 is 5.32 Å². The molecule has 4 heterocycles. The molecule has 0 saturated carbocycles. The van der Waals surface area contributed by atoms with Crippen molar-refractivity contribution in [3.63, 3.8) is 0 Å². The van der Waals surface area contributed by atoms with E-state index in [9.17, 15) is 22.4 Å². The third kappa shape index (κ3) is 5.18. The minimum atomic E-state index is -4.69. The first-order valence-electron chi connectivity index (χ1n) is 13.2. The monoisotopic (exact) mass is 597 g/mol. The van der Waals surface area contributed by atoms with E-state index in [1.807, 2.05) is 31.1 Å². The average molecular weight is 598 g/mol. The zero-order chi connectivity index (χ0) is 29.8. The minimum Gasteiger partial charge on any atom is -0.331 e. The molecule has 6 rings (SSSR count). The molecule has 13 heteroatoms. The van der Waals surface area contributed by atoms with Crippen LogP contribution in [0.5, 0.6) is 0 Å². The molecule has 2 aromatic carbocycles. The van der Waals surface area contributed by atoms with Crippen molar-refractivity contribution in [1.29, 1.82) is 0 Å². The predicted molar refractivity (Wildman–Crippen MR) is 152 cm³/mol. The first-order chi connectivity index (χ1) is 20.0. The van der Waals surface area contributed by atoms with E-state index in [1.54, 1.807) is 29.0 Å². The van der Waals surface area contributed by atoms with Crippen LogP contribution in [0.2, 0.25) is 0 Å². The van der Waals surface area contributed by atoms with Gasteiger partial charge in [-0.05, 0) is 49.3 Å². The Kier molecular flexibility index (Phi) is 7.09. The van der Waals surface area contributed by atoms with E-state index in [4.69, 9.17) is 0 Å². The second-order valence-electron chi connectivity index (χ2n) is 10.7. The molecule has 5 aromatic rings. The molecule has 3 aromatic heterocycles. The van der Waals surface area contributed by atoms with Crippen molar-refractivity contribution >= 4 is 33.3 Å². The van der Waals surface area contributed by atoms with Gasteiger partial charge in [-0.15, -0.1) is 11.3 Å². The van der Waals surface area contributed by atoms with Gasteiger partial charge in [0.05, 0.1) is 29.6 Å². The number of benzene rings is 2. The number of aromatic nitrogens is 5. The van der Waals surface area contributed by atoms with Gasteiger partial charge in [0.1, 0.15) is 6.17 Å². The summed E-state index contributed by atoms with van der Waals surface area (Å²) in [6.45, 7) is 2.51. The van der Waals surface area contributed by atoms with Crippen molar-refractivity contribution in [2.75, 3.05) is 19.4 Å². The van der Waals surface area contributed by atoms with Gasteiger partial charge in [0.25, 0.3) is 5.91 Å². The molecular formula is C29H27F4N7OS. The summed E-state index contributed by atoms with van der Waals surface area (Å²) in [5, 5.41) is 9.14. The molecular weight excluding hydrogens is 570 g/mol. The lowest BCUT2D eigenvalue weighted by molar-refractivity contribution is -0.136. The molecule has 0 spiro atoms. The summed E-state index contributed by atoms with van der Waals surface area (Å²) in [7, 11) is 3.88. The average Bonchev–Trinajstić information content (AvgIpc) is 3.71. The van der Waals surface area contributed by atoms with Crippen LogP contribution in [0.3, 0.4) is 0 Å². The highest BCUT2D eigenvalue weighted by Gasteiger charge is 2.38. The molecule has 1 unspecified atom stereocenters.